The highest BCUT2D eigenvalue weighted by molar-refractivity contribution is 5.93. The fourth-order valence-corrected chi connectivity index (χ4v) is 0.868. The van der Waals surface area contributed by atoms with Crippen molar-refractivity contribution in [3.05, 3.63) is 11.6 Å². The summed E-state index contributed by atoms with van der Waals surface area (Å²) in [6, 6.07) is 0. The molecule has 0 aromatic rings. The Morgan fingerprint density at radius 3 is 2.27 bits per heavy atom. The van der Waals surface area contributed by atoms with E-state index in [-0.39, 0.29) is 5.91 Å². The molecule has 0 rings (SSSR count). The van der Waals surface area contributed by atoms with Crippen LogP contribution in [-0.2, 0) is 4.79 Å². The first kappa shape index (κ1) is 10.2. The van der Waals surface area contributed by atoms with Gasteiger partial charge in [0.05, 0.1) is 0 Å². The van der Waals surface area contributed by atoms with Crippen molar-refractivity contribution >= 4 is 5.91 Å². The predicted molar refractivity (Wildman–Crippen MR) is 47.4 cm³/mol. The highest BCUT2D eigenvalue weighted by Crippen LogP contribution is 2.03. The van der Waals surface area contributed by atoms with E-state index in [1.54, 1.807) is 4.90 Å². The molecule has 2 heteroatoms. The number of allylic oxidation sites excluding steroid dienone is 1. The van der Waals surface area contributed by atoms with Gasteiger partial charge in [-0.05, 0) is 20.3 Å². The molecule has 0 bridgehead atoms. The van der Waals surface area contributed by atoms with Crippen molar-refractivity contribution < 1.29 is 4.79 Å². The summed E-state index contributed by atoms with van der Waals surface area (Å²) in [5, 5.41) is 0. The topological polar surface area (TPSA) is 20.3 Å². The zero-order chi connectivity index (χ0) is 8.85. The molecular formula is C9H17NO. The Hall–Kier alpha value is -0.790. The van der Waals surface area contributed by atoms with E-state index in [4.69, 9.17) is 0 Å². The highest BCUT2D eigenvalue weighted by Gasteiger charge is 2.09. The van der Waals surface area contributed by atoms with Crippen molar-refractivity contribution in [2.75, 3.05) is 13.6 Å². The van der Waals surface area contributed by atoms with Gasteiger partial charge in [-0.1, -0.05) is 13.0 Å². The van der Waals surface area contributed by atoms with Gasteiger partial charge in [0.1, 0.15) is 0 Å². The van der Waals surface area contributed by atoms with Crippen molar-refractivity contribution in [3.8, 4) is 0 Å². The Morgan fingerprint density at radius 2 is 2.00 bits per heavy atom. The molecule has 11 heavy (non-hydrogen) atoms. The van der Waals surface area contributed by atoms with Crippen LogP contribution in [0.1, 0.15) is 27.2 Å². The van der Waals surface area contributed by atoms with Crippen LogP contribution in [-0.4, -0.2) is 24.4 Å². The largest absolute Gasteiger partial charge is 0.342 e. The number of hydrogen-bond donors (Lipinski definition) is 0. The quantitative estimate of drug-likeness (QED) is 0.569. The summed E-state index contributed by atoms with van der Waals surface area (Å²) in [7, 11) is 1.82. The van der Waals surface area contributed by atoms with Gasteiger partial charge in [-0.2, -0.15) is 0 Å². The van der Waals surface area contributed by atoms with Crippen LogP contribution < -0.4 is 0 Å². The van der Waals surface area contributed by atoms with Crippen LogP contribution in [0.25, 0.3) is 0 Å². The van der Waals surface area contributed by atoms with Crippen LogP contribution >= 0.6 is 0 Å². The third-order valence-corrected chi connectivity index (χ3v) is 1.83. The molecule has 64 valence electrons. The molecule has 0 atom stereocenters. The summed E-state index contributed by atoms with van der Waals surface area (Å²) >= 11 is 0. The Morgan fingerprint density at radius 1 is 1.45 bits per heavy atom. The van der Waals surface area contributed by atoms with Crippen LogP contribution in [0.15, 0.2) is 11.6 Å². The molecule has 0 aromatic carbocycles. The van der Waals surface area contributed by atoms with E-state index in [0.717, 1.165) is 18.5 Å². The minimum atomic E-state index is 0.150. The van der Waals surface area contributed by atoms with Gasteiger partial charge >= 0.3 is 0 Å². The molecule has 0 unspecified atom stereocenters. The maximum atomic E-state index is 11.4. The molecule has 0 N–H and O–H groups in total. The first-order valence-electron chi connectivity index (χ1n) is 4.07. The van der Waals surface area contributed by atoms with E-state index in [1.807, 2.05) is 33.9 Å². The van der Waals surface area contributed by atoms with Crippen LogP contribution in [0.5, 0.6) is 0 Å². The summed E-state index contributed by atoms with van der Waals surface area (Å²) in [5.41, 5.74) is 0.898. The van der Waals surface area contributed by atoms with E-state index in [0.29, 0.717) is 0 Å². The molecule has 0 aliphatic rings. The lowest BCUT2D eigenvalue weighted by molar-refractivity contribution is -0.125. The van der Waals surface area contributed by atoms with Crippen LogP contribution in [0.4, 0.5) is 0 Å². The number of hydrogen-bond acceptors (Lipinski definition) is 1. The van der Waals surface area contributed by atoms with Gasteiger partial charge in [-0.25, -0.2) is 0 Å². The molecule has 0 saturated heterocycles. The maximum Gasteiger partial charge on any atom is 0.249 e. The van der Waals surface area contributed by atoms with E-state index in [1.165, 1.54) is 0 Å². The molecule has 0 radical (unpaired) electrons. The predicted octanol–water partition coefficient (Wildman–Crippen LogP) is 1.82. The van der Waals surface area contributed by atoms with Crippen LogP contribution in [0.2, 0.25) is 0 Å². The monoisotopic (exact) mass is 155 g/mol. The molecule has 1 amide bonds. The van der Waals surface area contributed by atoms with Crippen LogP contribution in [0, 0.1) is 0 Å². The number of nitrogens with zero attached hydrogens (tertiary/aromatic N) is 1. The van der Waals surface area contributed by atoms with E-state index in [2.05, 4.69) is 0 Å². The summed E-state index contributed by atoms with van der Waals surface area (Å²) in [6.45, 7) is 6.65. The Kier molecular flexibility index (Phi) is 4.59. The minimum absolute atomic E-state index is 0.150. The molecule has 0 aromatic heterocycles. The van der Waals surface area contributed by atoms with Gasteiger partial charge in [0.2, 0.25) is 5.91 Å². The average Bonchev–Trinajstić information content (AvgIpc) is 2.05. The van der Waals surface area contributed by atoms with Crippen molar-refractivity contribution in [2.24, 2.45) is 0 Å². The summed E-state index contributed by atoms with van der Waals surface area (Å²) in [5.74, 6) is 0.150. The molecule has 0 aliphatic carbocycles. The molecule has 2 nitrogen and oxygen atoms in total. The number of rotatable bonds is 3. The lowest BCUT2D eigenvalue weighted by atomic mass is 10.2. The molecular weight excluding hydrogens is 138 g/mol. The second-order valence-electron chi connectivity index (χ2n) is 2.49. The standard InChI is InChI=1S/C9H17NO/c1-5-8(6-2)9(11)10(4)7-3/h5H,6-7H2,1-4H3. The van der Waals surface area contributed by atoms with Gasteiger partial charge in [0.25, 0.3) is 0 Å². The smallest absolute Gasteiger partial charge is 0.249 e. The van der Waals surface area contributed by atoms with Crippen molar-refractivity contribution in [1.82, 2.24) is 4.90 Å². The third-order valence-electron chi connectivity index (χ3n) is 1.83. The van der Waals surface area contributed by atoms with Crippen molar-refractivity contribution in [1.29, 1.82) is 0 Å². The molecule has 0 spiro atoms. The first-order chi connectivity index (χ1) is 5.17. The van der Waals surface area contributed by atoms with Crippen LogP contribution in [0.3, 0.4) is 0 Å². The first-order valence-corrected chi connectivity index (χ1v) is 4.07. The second kappa shape index (κ2) is 4.94. The molecule has 0 fully saturated rings. The lowest BCUT2D eigenvalue weighted by Gasteiger charge is -2.15. The fraction of sp³-hybridized carbons (Fsp3) is 0.667. The summed E-state index contributed by atoms with van der Waals surface area (Å²) in [6.07, 6.45) is 2.70. The summed E-state index contributed by atoms with van der Waals surface area (Å²) in [4.78, 5) is 13.1. The third kappa shape index (κ3) is 2.74. The fourth-order valence-electron chi connectivity index (χ4n) is 0.868. The normalized spacial score (nSPS) is 11.5. The molecule has 0 aliphatic heterocycles. The van der Waals surface area contributed by atoms with Gasteiger partial charge in [-0.3, -0.25) is 4.79 Å². The number of likely N-dealkylation sites (N-methyl/N-ethyl adjacent to an activating group) is 1. The second-order valence-corrected chi connectivity index (χ2v) is 2.49. The molecule has 0 saturated carbocycles. The SMILES string of the molecule is CC=C(CC)C(=O)N(C)CC. The van der Waals surface area contributed by atoms with Gasteiger partial charge in [0, 0.05) is 19.2 Å². The average molecular weight is 155 g/mol. The Labute approximate surface area is 68.9 Å². The van der Waals surface area contributed by atoms with E-state index < -0.39 is 0 Å². The van der Waals surface area contributed by atoms with E-state index >= 15 is 0 Å². The Bertz CT molecular complexity index is 161. The maximum absolute atomic E-state index is 11.4. The zero-order valence-electron chi connectivity index (χ0n) is 7.85. The van der Waals surface area contributed by atoms with Gasteiger partial charge < -0.3 is 4.90 Å². The highest BCUT2D eigenvalue weighted by atomic mass is 16.2. The number of carbonyl (C=O) groups excluding carboxylic acids is 1. The molecule has 0 heterocycles. The Balaban J connectivity index is 4.22. The number of amides is 1. The summed E-state index contributed by atoms with van der Waals surface area (Å²) < 4.78 is 0. The van der Waals surface area contributed by atoms with E-state index in [9.17, 15) is 4.79 Å². The van der Waals surface area contributed by atoms with Crippen molar-refractivity contribution in [2.45, 2.75) is 27.2 Å². The van der Waals surface area contributed by atoms with Gasteiger partial charge in [-0.15, -0.1) is 0 Å². The number of carbonyl (C=O) groups is 1. The lowest BCUT2D eigenvalue weighted by Crippen LogP contribution is -2.27. The van der Waals surface area contributed by atoms with Gasteiger partial charge in [0.15, 0.2) is 0 Å². The minimum Gasteiger partial charge on any atom is -0.342 e. The zero-order valence-corrected chi connectivity index (χ0v) is 7.85. The van der Waals surface area contributed by atoms with Crippen molar-refractivity contribution in [3.63, 3.8) is 0 Å².